The summed E-state index contributed by atoms with van der Waals surface area (Å²) >= 11 is 2.59. The average Bonchev–Trinajstić information content (AvgIpc) is 3.43. The number of benzene rings is 2. The molecule has 7 nitrogen and oxygen atoms in total. The first-order chi connectivity index (χ1) is 15.5. The monoisotopic (exact) mass is 465 g/mol. The number of thiophene rings is 1. The molecule has 2 aromatic heterocycles. The lowest BCUT2D eigenvalue weighted by Gasteiger charge is -2.13. The molecule has 5 rings (SSSR count). The van der Waals surface area contributed by atoms with Gasteiger partial charge in [0, 0.05) is 11.8 Å². The zero-order chi connectivity index (χ0) is 22.2. The molecule has 0 atom stereocenters. The van der Waals surface area contributed by atoms with Gasteiger partial charge in [0.25, 0.3) is 5.56 Å². The van der Waals surface area contributed by atoms with Crippen molar-refractivity contribution >= 4 is 44.9 Å². The van der Waals surface area contributed by atoms with E-state index in [0.29, 0.717) is 32.6 Å². The van der Waals surface area contributed by atoms with Crippen LogP contribution in [0.15, 0.2) is 57.8 Å². The van der Waals surface area contributed by atoms with E-state index in [1.807, 2.05) is 43.5 Å². The van der Waals surface area contributed by atoms with Crippen LogP contribution < -0.4 is 20.3 Å². The molecule has 162 valence electrons. The first-order valence-electron chi connectivity index (χ1n) is 9.90. The van der Waals surface area contributed by atoms with Crippen LogP contribution in [0.3, 0.4) is 0 Å². The summed E-state index contributed by atoms with van der Waals surface area (Å²) in [6.45, 7) is 4.21. The summed E-state index contributed by atoms with van der Waals surface area (Å²) in [7, 11) is 0. The Balaban J connectivity index is 1.42. The van der Waals surface area contributed by atoms with E-state index in [9.17, 15) is 9.59 Å². The fraction of sp³-hybridized carbons (Fsp3) is 0.174. The number of nitrogens with one attached hydrogen (secondary N) is 1. The maximum Gasteiger partial charge on any atom is 0.276 e. The number of thioether (sulfide) groups is 1. The molecule has 0 spiro atoms. The molecule has 2 aromatic carbocycles. The minimum Gasteiger partial charge on any atom is -0.454 e. The number of hydrogen-bond donors (Lipinski definition) is 1. The predicted octanol–water partition coefficient (Wildman–Crippen LogP) is 4.52. The van der Waals surface area contributed by atoms with E-state index in [1.165, 1.54) is 23.1 Å². The van der Waals surface area contributed by atoms with Crippen LogP contribution in [0, 0.1) is 13.8 Å². The van der Waals surface area contributed by atoms with Crippen molar-refractivity contribution in [1.82, 2.24) is 9.55 Å². The Morgan fingerprint density at radius 2 is 1.97 bits per heavy atom. The summed E-state index contributed by atoms with van der Waals surface area (Å²) in [6, 6.07) is 12.9. The lowest BCUT2D eigenvalue weighted by Crippen LogP contribution is -2.22. The third-order valence-corrected chi connectivity index (χ3v) is 7.02. The van der Waals surface area contributed by atoms with Gasteiger partial charge in [0.2, 0.25) is 12.7 Å². The van der Waals surface area contributed by atoms with Gasteiger partial charge >= 0.3 is 0 Å². The lowest BCUT2D eigenvalue weighted by atomic mass is 10.1. The van der Waals surface area contributed by atoms with E-state index in [0.717, 1.165) is 16.8 Å². The Labute approximate surface area is 192 Å². The predicted molar refractivity (Wildman–Crippen MR) is 127 cm³/mol. The van der Waals surface area contributed by atoms with Crippen LogP contribution in [0.5, 0.6) is 11.5 Å². The van der Waals surface area contributed by atoms with Crippen LogP contribution in [0.4, 0.5) is 5.69 Å². The van der Waals surface area contributed by atoms with Gasteiger partial charge in [0.05, 0.1) is 17.0 Å². The van der Waals surface area contributed by atoms with Gasteiger partial charge in [0.1, 0.15) is 4.70 Å². The largest absolute Gasteiger partial charge is 0.454 e. The second kappa shape index (κ2) is 8.33. The zero-order valence-corrected chi connectivity index (χ0v) is 19.0. The minimum atomic E-state index is -0.208. The summed E-state index contributed by atoms with van der Waals surface area (Å²) in [4.78, 5) is 30.5. The normalized spacial score (nSPS) is 12.3. The SMILES string of the molecule is Cc1ccc(-n2c(SCC(=O)Nc3ccc4c(c3)OCO4)nc3ccsc3c2=O)cc1C. The van der Waals surface area contributed by atoms with Crippen molar-refractivity contribution in [3.8, 4) is 17.2 Å². The number of fused-ring (bicyclic) bond motifs is 2. The number of nitrogens with zero attached hydrogens (tertiary/aromatic N) is 2. The minimum absolute atomic E-state index is 0.0986. The molecule has 0 unspecified atom stereocenters. The van der Waals surface area contributed by atoms with Crippen molar-refractivity contribution in [3.05, 3.63) is 69.3 Å². The Morgan fingerprint density at radius 3 is 2.81 bits per heavy atom. The highest BCUT2D eigenvalue weighted by atomic mass is 32.2. The highest BCUT2D eigenvalue weighted by Crippen LogP contribution is 2.34. The molecule has 0 bridgehead atoms. The van der Waals surface area contributed by atoms with Gasteiger partial charge in [-0.15, -0.1) is 11.3 Å². The number of hydrogen-bond acceptors (Lipinski definition) is 7. The van der Waals surface area contributed by atoms with Crippen LogP contribution in [0.1, 0.15) is 11.1 Å². The number of carbonyl (C=O) groups excluding carboxylic acids is 1. The number of aromatic nitrogens is 2. The molecule has 4 aromatic rings. The first-order valence-corrected chi connectivity index (χ1v) is 11.8. The second-order valence-electron chi connectivity index (χ2n) is 7.34. The molecule has 0 aliphatic carbocycles. The van der Waals surface area contributed by atoms with Gasteiger partial charge < -0.3 is 14.8 Å². The van der Waals surface area contributed by atoms with Gasteiger partial charge in [0.15, 0.2) is 16.7 Å². The number of ether oxygens (including phenoxy) is 2. The van der Waals surface area contributed by atoms with E-state index in [-0.39, 0.29) is 24.0 Å². The van der Waals surface area contributed by atoms with Gasteiger partial charge in [-0.1, -0.05) is 17.8 Å². The van der Waals surface area contributed by atoms with Crippen LogP contribution in [0.2, 0.25) is 0 Å². The second-order valence-corrected chi connectivity index (χ2v) is 9.20. The van der Waals surface area contributed by atoms with E-state index in [1.54, 1.807) is 22.8 Å². The van der Waals surface area contributed by atoms with Crippen molar-refractivity contribution < 1.29 is 14.3 Å². The van der Waals surface area contributed by atoms with Crippen molar-refractivity contribution in [2.45, 2.75) is 19.0 Å². The molecular weight excluding hydrogens is 446 g/mol. The molecule has 0 fully saturated rings. The first kappa shape index (κ1) is 20.6. The van der Waals surface area contributed by atoms with Crippen LogP contribution in [0.25, 0.3) is 15.9 Å². The fourth-order valence-corrected chi connectivity index (χ4v) is 4.95. The van der Waals surface area contributed by atoms with E-state index in [2.05, 4.69) is 10.3 Å². The molecular formula is C23H19N3O4S2. The van der Waals surface area contributed by atoms with Crippen LogP contribution in [-0.2, 0) is 4.79 Å². The third kappa shape index (κ3) is 3.85. The van der Waals surface area contributed by atoms with Crippen molar-refractivity contribution in [2.75, 3.05) is 17.9 Å². The summed E-state index contributed by atoms with van der Waals surface area (Å²) in [5, 5.41) is 5.18. The third-order valence-electron chi connectivity index (χ3n) is 5.19. The summed E-state index contributed by atoms with van der Waals surface area (Å²) in [5.41, 5.74) is 4.08. The van der Waals surface area contributed by atoms with Gasteiger partial charge in [-0.25, -0.2) is 4.98 Å². The Bertz CT molecular complexity index is 1410. The number of anilines is 1. The van der Waals surface area contributed by atoms with Crippen molar-refractivity contribution in [1.29, 1.82) is 0 Å². The topological polar surface area (TPSA) is 82.5 Å². The smallest absolute Gasteiger partial charge is 0.276 e. The molecule has 0 saturated carbocycles. The number of amides is 1. The molecule has 0 radical (unpaired) electrons. The maximum absolute atomic E-state index is 13.2. The van der Waals surface area contributed by atoms with Crippen molar-refractivity contribution in [2.24, 2.45) is 0 Å². The van der Waals surface area contributed by atoms with E-state index < -0.39 is 0 Å². The van der Waals surface area contributed by atoms with Crippen LogP contribution in [-0.4, -0.2) is 28.0 Å². The molecule has 1 aliphatic rings. The maximum atomic E-state index is 13.2. The zero-order valence-electron chi connectivity index (χ0n) is 17.4. The van der Waals surface area contributed by atoms with Gasteiger partial charge in [-0.3, -0.25) is 14.2 Å². The van der Waals surface area contributed by atoms with E-state index >= 15 is 0 Å². The van der Waals surface area contributed by atoms with Gasteiger partial charge in [-0.05, 0) is 60.7 Å². The molecule has 1 amide bonds. The lowest BCUT2D eigenvalue weighted by molar-refractivity contribution is -0.113. The molecule has 1 N–H and O–H groups in total. The molecule has 9 heteroatoms. The average molecular weight is 466 g/mol. The highest BCUT2D eigenvalue weighted by Gasteiger charge is 2.17. The molecule has 1 aliphatic heterocycles. The summed E-state index contributed by atoms with van der Waals surface area (Å²) < 4.78 is 12.8. The molecule has 3 heterocycles. The summed E-state index contributed by atoms with van der Waals surface area (Å²) in [5.74, 6) is 1.15. The number of carbonyl (C=O) groups is 1. The fourth-order valence-electron chi connectivity index (χ4n) is 3.38. The molecule has 32 heavy (non-hydrogen) atoms. The highest BCUT2D eigenvalue weighted by molar-refractivity contribution is 7.99. The number of rotatable bonds is 5. The molecule has 0 saturated heterocycles. The Morgan fingerprint density at radius 1 is 1.12 bits per heavy atom. The van der Waals surface area contributed by atoms with E-state index in [4.69, 9.17) is 9.47 Å². The summed E-state index contributed by atoms with van der Waals surface area (Å²) in [6.07, 6.45) is 0. The van der Waals surface area contributed by atoms with Gasteiger partial charge in [-0.2, -0.15) is 0 Å². The van der Waals surface area contributed by atoms with Crippen molar-refractivity contribution in [3.63, 3.8) is 0 Å². The quantitative estimate of drug-likeness (QED) is 0.345. The van der Waals surface area contributed by atoms with Crippen LogP contribution >= 0.6 is 23.1 Å². The number of aryl methyl sites for hydroxylation is 2. The Kier molecular flexibility index (Phi) is 5.36. The standard InChI is InChI=1S/C23H19N3O4S2/c1-13-3-5-16(9-14(13)2)26-22(28)21-17(7-8-31-21)25-23(26)32-11-20(27)24-15-4-6-18-19(10-15)30-12-29-18/h3-10H,11-12H2,1-2H3,(H,24,27). The Hall–Kier alpha value is -3.30.